The molecular weight excluding hydrogens is 306 g/mol. The number of nitrogens with zero attached hydrogens (tertiary/aromatic N) is 6. The van der Waals surface area contributed by atoms with Gasteiger partial charge in [-0.2, -0.15) is 5.10 Å². The molecule has 0 radical (unpaired) electrons. The first-order valence-corrected chi connectivity index (χ1v) is 7.58. The van der Waals surface area contributed by atoms with Gasteiger partial charge >= 0.3 is 0 Å². The van der Waals surface area contributed by atoms with Gasteiger partial charge in [0.05, 0.1) is 11.8 Å². The van der Waals surface area contributed by atoms with E-state index in [9.17, 15) is 4.79 Å². The van der Waals surface area contributed by atoms with Crippen molar-refractivity contribution in [1.29, 1.82) is 0 Å². The van der Waals surface area contributed by atoms with E-state index in [0.29, 0.717) is 17.2 Å². The fourth-order valence-electron chi connectivity index (χ4n) is 2.54. The van der Waals surface area contributed by atoms with E-state index in [1.807, 2.05) is 36.7 Å². The fraction of sp³-hybridized carbons (Fsp3) is 0.188. The molecule has 1 N–H and O–H groups in total. The van der Waals surface area contributed by atoms with Gasteiger partial charge in [-0.25, -0.2) is 9.67 Å². The lowest BCUT2D eigenvalue weighted by atomic mass is 10.2. The van der Waals surface area contributed by atoms with Gasteiger partial charge < -0.3 is 0 Å². The molecule has 0 aliphatic rings. The van der Waals surface area contributed by atoms with Gasteiger partial charge in [-0.05, 0) is 32.0 Å². The van der Waals surface area contributed by atoms with Crippen molar-refractivity contribution < 1.29 is 4.79 Å². The molecule has 8 nitrogen and oxygen atoms in total. The standard InChI is InChI=1S/C16H15N7O/c1-10(2)23-14-11(9-18-23)7-12(8-17-14)15(24)19-16-21-20-13-5-3-4-6-22(13)16/h3-10H,1-2H3,(H,19,21,24). The van der Waals surface area contributed by atoms with Crippen molar-refractivity contribution in [2.24, 2.45) is 0 Å². The van der Waals surface area contributed by atoms with Crippen LogP contribution in [-0.2, 0) is 0 Å². The largest absolute Gasteiger partial charge is 0.290 e. The van der Waals surface area contributed by atoms with Crippen molar-refractivity contribution in [1.82, 2.24) is 29.4 Å². The van der Waals surface area contributed by atoms with Crippen molar-refractivity contribution in [2.75, 3.05) is 5.32 Å². The van der Waals surface area contributed by atoms with Crippen LogP contribution < -0.4 is 5.32 Å². The molecule has 0 saturated heterocycles. The first kappa shape index (κ1) is 14.3. The van der Waals surface area contributed by atoms with Gasteiger partial charge in [0, 0.05) is 23.8 Å². The van der Waals surface area contributed by atoms with Gasteiger partial charge in [0.2, 0.25) is 5.95 Å². The van der Waals surface area contributed by atoms with E-state index in [2.05, 4.69) is 25.6 Å². The molecule has 0 unspecified atom stereocenters. The molecule has 0 aliphatic carbocycles. The number of aromatic nitrogens is 6. The van der Waals surface area contributed by atoms with Gasteiger partial charge in [0.25, 0.3) is 5.91 Å². The third-order valence-electron chi connectivity index (χ3n) is 3.72. The van der Waals surface area contributed by atoms with Gasteiger partial charge in [-0.15, -0.1) is 10.2 Å². The first-order valence-electron chi connectivity index (χ1n) is 7.58. The van der Waals surface area contributed by atoms with E-state index in [4.69, 9.17) is 0 Å². The second-order valence-corrected chi connectivity index (χ2v) is 5.73. The molecular formula is C16H15N7O. The maximum Gasteiger partial charge on any atom is 0.259 e. The molecule has 1 amide bonds. The lowest BCUT2D eigenvalue weighted by Crippen LogP contribution is -2.14. The third-order valence-corrected chi connectivity index (χ3v) is 3.72. The van der Waals surface area contributed by atoms with Crippen LogP contribution in [0.25, 0.3) is 16.7 Å². The summed E-state index contributed by atoms with van der Waals surface area (Å²) in [6, 6.07) is 7.50. The summed E-state index contributed by atoms with van der Waals surface area (Å²) < 4.78 is 3.53. The first-order chi connectivity index (χ1) is 11.6. The molecule has 0 fully saturated rings. The number of amides is 1. The molecule has 120 valence electrons. The van der Waals surface area contributed by atoms with E-state index in [-0.39, 0.29) is 11.9 Å². The van der Waals surface area contributed by atoms with E-state index < -0.39 is 0 Å². The van der Waals surface area contributed by atoms with Crippen LogP contribution in [0.4, 0.5) is 5.95 Å². The summed E-state index contributed by atoms with van der Waals surface area (Å²) in [4.78, 5) is 16.9. The fourth-order valence-corrected chi connectivity index (χ4v) is 2.54. The Labute approximate surface area is 137 Å². The molecule has 0 aliphatic heterocycles. The lowest BCUT2D eigenvalue weighted by Gasteiger charge is -2.06. The van der Waals surface area contributed by atoms with E-state index in [1.165, 1.54) is 0 Å². The number of pyridine rings is 2. The number of rotatable bonds is 3. The molecule has 4 heterocycles. The second-order valence-electron chi connectivity index (χ2n) is 5.73. The zero-order valence-electron chi connectivity index (χ0n) is 13.2. The molecule has 0 atom stereocenters. The van der Waals surface area contributed by atoms with Crippen LogP contribution in [0.2, 0.25) is 0 Å². The summed E-state index contributed by atoms with van der Waals surface area (Å²) in [7, 11) is 0. The molecule has 0 bridgehead atoms. The maximum atomic E-state index is 12.5. The Kier molecular flexibility index (Phi) is 3.23. The van der Waals surface area contributed by atoms with Crippen LogP contribution in [-0.4, -0.2) is 35.3 Å². The minimum atomic E-state index is -0.292. The minimum Gasteiger partial charge on any atom is -0.290 e. The Bertz CT molecular complexity index is 1050. The highest BCUT2D eigenvalue weighted by Crippen LogP contribution is 2.17. The summed E-state index contributed by atoms with van der Waals surface area (Å²) in [6.45, 7) is 4.07. The zero-order chi connectivity index (χ0) is 16.7. The van der Waals surface area contributed by atoms with Crippen LogP contribution in [0.15, 0.2) is 42.9 Å². The number of hydrogen-bond donors (Lipinski definition) is 1. The smallest absolute Gasteiger partial charge is 0.259 e. The molecule has 4 rings (SSSR count). The number of hydrogen-bond acceptors (Lipinski definition) is 5. The number of carbonyl (C=O) groups is 1. The second kappa shape index (κ2) is 5.41. The van der Waals surface area contributed by atoms with Gasteiger partial charge in [0.15, 0.2) is 11.3 Å². The van der Waals surface area contributed by atoms with Crippen LogP contribution in [0.3, 0.4) is 0 Å². The van der Waals surface area contributed by atoms with E-state index in [1.54, 1.807) is 29.1 Å². The SMILES string of the molecule is CC(C)n1ncc2cc(C(=O)Nc3nnc4ccccn34)cnc21. The number of fused-ring (bicyclic) bond motifs is 2. The Hall–Kier alpha value is -3.29. The summed E-state index contributed by atoms with van der Waals surface area (Å²) in [6.07, 6.45) is 5.05. The summed E-state index contributed by atoms with van der Waals surface area (Å²) in [5, 5.41) is 15.9. The lowest BCUT2D eigenvalue weighted by molar-refractivity contribution is 0.102. The minimum absolute atomic E-state index is 0.206. The van der Waals surface area contributed by atoms with E-state index >= 15 is 0 Å². The highest BCUT2D eigenvalue weighted by atomic mass is 16.1. The molecule has 0 saturated carbocycles. The predicted molar refractivity (Wildman–Crippen MR) is 88.9 cm³/mol. The van der Waals surface area contributed by atoms with Crippen molar-refractivity contribution in [3.63, 3.8) is 0 Å². The van der Waals surface area contributed by atoms with Crippen molar-refractivity contribution in [3.8, 4) is 0 Å². The quantitative estimate of drug-likeness (QED) is 0.625. The molecule has 0 aromatic carbocycles. The Balaban J connectivity index is 1.66. The molecule has 4 aromatic heterocycles. The molecule has 4 aromatic rings. The number of anilines is 1. The summed E-state index contributed by atoms with van der Waals surface area (Å²) in [5.74, 6) is 0.0772. The van der Waals surface area contributed by atoms with Crippen LogP contribution in [0, 0.1) is 0 Å². The average Bonchev–Trinajstić information content (AvgIpc) is 3.18. The summed E-state index contributed by atoms with van der Waals surface area (Å²) in [5.41, 5.74) is 1.87. The van der Waals surface area contributed by atoms with Gasteiger partial charge in [-0.1, -0.05) is 6.07 Å². The number of nitrogens with one attached hydrogen (secondary N) is 1. The zero-order valence-corrected chi connectivity index (χ0v) is 13.2. The Morgan fingerprint density at radius 2 is 2.08 bits per heavy atom. The average molecular weight is 321 g/mol. The van der Waals surface area contributed by atoms with Crippen LogP contribution in [0.1, 0.15) is 30.2 Å². The molecule has 24 heavy (non-hydrogen) atoms. The van der Waals surface area contributed by atoms with Crippen LogP contribution in [0.5, 0.6) is 0 Å². The Morgan fingerprint density at radius 3 is 2.92 bits per heavy atom. The third kappa shape index (κ3) is 2.28. The van der Waals surface area contributed by atoms with Crippen molar-refractivity contribution in [2.45, 2.75) is 19.9 Å². The van der Waals surface area contributed by atoms with Crippen LogP contribution >= 0.6 is 0 Å². The number of carbonyl (C=O) groups excluding carboxylic acids is 1. The summed E-state index contributed by atoms with van der Waals surface area (Å²) >= 11 is 0. The highest BCUT2D eigenvalue weighted by molar-refractivity contribution is 6.04. The van der Waals surface area contributed by atoms with Gasteiger partial charge in [0.1, 0.15) is 0 Å². The topological polar surface area (TPSA) is 90.0 Å². The molecule has 0 spiro atoms. The monoisotopic (exact) mass is 321 g/mol. The Morgan fingerprint density at radius 1 is 1.21 bits per heavy atom. The van der Waals surface area contributed by atoms with Crippen molar-refractivity contribution >= 4 is 28.5 Å². The molecule has 8 heteroatoms. The maximum absolute atomic E-state index is 12.5. The van der Waals surface area contributed by atoms with Crippen molar-refractivity contribution in [3.05, 3.63) is 48.4 Å². The highest BCUT2D eigenvalue weighted by Gasteiger charge is 2.14. The van der Waals surface area contributed by atoms with E-state index in [0.717, 1.165) is 11.0 Å². The normalized spacial score (nSPS) is 11.5. The van der Waals surface area contributed by atoms with Gasteiger partial charge in [-0.3, -0.25) is 14.5 Å². The predicted octanol–water partition coefficient (Wildman–Crippen LogP) is 2.31.